The highest BCUT2D eigenvalue weighted by molar-refractivity contribution is 6.30. The first-order valence-corrected chi connectivity index (χ1v) is 7.87. The fourth-order valence-electron chi connectivity index (χ4n) is 1.96. The smallest absolute Gasteiger partial charge is 0.341 e. The molecule has 3 aromatic rings. The third kappa shape index (κ3) is 6.57. The standard InChI is InChI=1S/C12H10O.C8H7ClO3/c13-12-8-6-11(7-9-12)10-4-2-1-3-5-10;9-6-1-3-7(4-2-6)12-5-8(10)11/h1-9,13H;1-4H,5H2,(H,10,11). The summed E-state index contributed by atoms with van der Waals surface area (Å²) < 4.78 is 4.86. The molecule has 0 aromatic heterocycles. The minimum Gasteiger partial charge on any atom is -0.508 e. The Bertz CT molecular complexity index is 784. The first kappa shape index (κ1) is 18.4. The molecule has 3 rings (SSSR count). The van der Waals surface area contributed by atoms with Crippen LogP contribution in [0.3, 0.4) is 0 Å². The van der Waals surface area contributed by atoms with Gasteiger partial charge in [0.1, 0.15) is 11.5 Å². The van der Waals surface area contributed by atoms with Crippen molar-refractivity contribution in [1.29, 1.82) is 0 Å². The Morgan fingerprint density at radius 3 is 1.96 bits per heavy atom. The molecule has 25 heavy (non-hydrogen) atoms. The monoisotopic (exact) mass is 356 g/mol. The number of carboxylic acid groups (broad SMARTS) is 1. The molecule has 0 saturated carbocycles. The van der Waals surface area contributed by atoms with Crippen molar-refractivity contribution >= 4 is 17.6 Å². The lowest BCUT2D eigenvalue weighted by atomic mass is 10.1. The van der Waals surface area contributed by atoms with Crippen molar-refractivity contribution in [2.24, 2.45) is 0 Å². The first-order valence-electron chi connectivity index (χ1n) is 7.49. The van der Waals surface area contributed by atoms with Gasteiger partial charge in [-0.1, -0.05) is 54.1 Å². The summed E-state index contributed by atoms with van der Waals surface area (Å²) in [5.41, 5.74) is 2.29. The molecule has 2 N–H and O–H groups in total. The molecule has 3 aromatic carbocycles. The number of rotatable bonds is 4. The Labute approximate surface area is 150 Å². The first-order chi connectivity index (χ1) is 12.0. The van der Waals surface area contributed by atoms with Crippen LogP contribution in [0, 0.1) is 0 Å². The van der Waals surface area contributed by atoms with E-state index in [1.54, 1.807) is 36.4 Å². The average Bonchev–Trinajstić information content (AvgIpc) is 2.63. The fourth-order valence-corrected chi connectivity index (χ4v) is 2.09. The van der Waals surface area contributed by atoms with Crippen molar-refractivity contribution in [2.75, 3.05) is 6.61 Å². The van der Waals surface area contributed by atoms with Crippen LogP contribution in [0.15, 0.2) is 78.9 Å². The summed E-state index contributed by atoms with van der Waals surface area (Å²) >= 11 is 5.60. The number of carboxylic acids is 1. The van der Waals surface area contributed by atoms with Gasteiger partial charge in [0.05, 0.1) is 0 Å². The number of phenols is 1. The Hall–Kier alpha value is -2.98. The number of ether oxygens (including phenoxy) is 1. The molecule has 0 aliphatic heterocycles. The van der Waals surface area contributed by atoms with Gasteiger partial charge in [-0.3, -0.25) is 0 Å². The maximum atomic E-state index is 10.1. The average molecular weight is 357 g/mol. The maximum absolute atomic E-state index is 10.1. The Morgan fingerprint density at radius 2 is 1.40 bits per heavy atom. The van der Waals surface area contributed by atoms with Gasteiger partial charge < -0.3 is 14.9 Å². The number of phenolic OH excluding ortho intramolecular Hbond substituents is 1. The van der Waals surface area contributed by atoms with Crippen LogP contribution in [0.25, 0.3) is 11.1 Å². The van der Waals surface area contributed by atoms with E-state index in [1.807, 2.05) is 42.5 Å². The number of aliphatic carboxylic acids is 1. The zero-order chi connectivity index (χ0) is 18.1. The summed E-state index contributed by atoms with van der Waals surface area (Å²) in [7, 11) is 0. The molecular weight excluding hydrogens is 340 g/mol. The third-order valence-corrected chi connectivity index (χ3v) is 3.40. The summed E-state index contributed by atoms with van der Waals surface area (Å²) in [5.74, 6) is -0.188. The van der Waals surface area contributed by atoms with E-state index in [4.69, 9.17) is 26.6 Å². The van der Waals surface area contributed by atoms with Crippen molar-refractivity contribution in [1.82, 2.24) is 0 Å². The number of hydrogen-bond donors (Lipinski definition) is 2. The number of halogens is 1. The van der Waals surface area contributed by atoms with Gasteiger partial charge in [-0.25, -0.2) is 4.79 Å². The second kappa shape index (κ2) is 9.35. The summed E-state index contributed by atoms with van der Waals surface area (Å²) in [4.78, 5) is 10.1. The van der Waals surface area contributed by atoms with Crippen molar-refractivity contribution in [3.63, 3.8) is 0 Å². The fraction of sp³-hybridized carbons (Fsp3) is 0.0500. The van der Waals surface area contributed by atoms with Gasteiger partial charge in [-0.05, 0) is 47.5 Å². The summed E-state index contributed by atoms with van der Waals surface area (Å²) in [5, 5.41) is 18.0. The molecule has 0 fully saturated rings. The van der Waals surface area contributed by atoms with Gasteiger partial charge >= 0.3 is 5.97 Å². The van der Waals surface area contributed by atoms with E-state index < -0.39 is 5.97 Å². The molecule has 5 heteroatoms. The molecule has 0 saturated heterocycles. The second-order valence-corrected chi connectivity index (χ2v) is 5.49. The minimum atomic E-state index is -0.995. The van der Waals surface area contributed by atoms with E-state index in [1.165, 1.54) is 5.56 Å². The molecular formula is C20H17ClO4. The lowest BCUT2D eigenvalue weighted by Gasteiger charge is -2.01. The molecule has 4 nitrogen and oxygen atoms in total. The van der Waals surface area contributed by atoms with Gasteiger partial charge in [-0.15, -0.1) is 0 Å². The third-order valence-electron chi connectivity index (χ3n) is 3.15. The van der Waals surface area contributed by atoms with Crippen molar-refractivity contribution in [2.45, 2.75) is 0 Å². The van der Waals surface area contributed by atoms with Gasteiger partial charge in [0.2, 0.25) is 0 Å². The molecule has 0 atom stereocenters. The number of carbonyl (C=O) groups is 1. The summed E-state index contributed by atoms with van der Waals surface area (Å²) in [6.45, 7) is -0.332. The number of aromatic hydroxyl groups is 1. The Balaban J connectivity index is 0.000000181. The van der Waals surface area contributed by atoms with Crippen LogP contribution in [0.5, 0.6) is 11.5 Å². The largest absolute Gasteiger partial charge is 0.508 e. The minimum absolute atomic E-state index is 0.305. The van der Waals surface area contributed by atoms with Gasteiger partial charge in [0.15, 0.2) is 6.61 Å². The molecule has 0 unspecified atom stereocenters. The lowest BCUT2D eigenvalue weighted by molar-refractivity contribution is -0.139. The molecule has 0 aliphatic carbocycles. The number of benzene rings is 3. The zero-order valence-electron chi connectivity index (χ0n) is 13.3. The maximum Gasteiger partial charge on any atom is 0.341 e. The van der Waals surface area contributed by atoms with Crippen LogP contribution in [0.2, 0.25) is 5.02 Å². The molecule has 0 aliphatic rings. The van der Waals surface area contributed by atoms with Gasteiger partial charge in [0.25, 0.3) is 0 Å². The summed E-state index contributed by atoms with van der Waals surface area (Å²) in [6, 6.07) is 23.8. The predicted octanol–water partition coefficient (Wildman–Crippen LogP) is 4.86. The molecule has 0 heterocycles. The molecule has 0 amide bonds. The van der Waals surface area contributed by atoms with E-state index in [2.05, 4.69) is 0 Å². The highest BCUT2D eigenvalue weighted by Crippen LogP contribution is 2.20. The van der Waals surface area contributed by atoms with Crippen molar-refractivity contribution < 1.29 is 19.7 Å². The topological polar surface area (TPSA) is 66.8 Å². The van der Waals surface area contributed by atoms with Gasteiger partial charge in [0, 0.05) is 5.02 Å². The highest BCUT2D eigenvalue weighted by atomic mass is 35.5. The van der Waals surface area contributed by atoms with E-state index in [0.29, 0.717) is 16.5 Å². The summed E-state index contributed by atoms with van der Waals surface area (Å²) in [6.07, 6.45) is 0. The van der Waals surface area contributed by atoms with Crippen molar-refractivity contribution in [3.8, 4) is 22.6 Å². The molecule has 0 radical (unpaired) electrons. The second-order valence-electron chi connectivity index (χ2n) is 5.05. The van der Waals surface area contributed by atoms with Crippen molar-refractivity contribution in [3.05, 3.63) is 83.9 Å². The predicted molar refractivity (Wildman–Crippen MR) is 98.1 cm³/mol. The van der Waals surface area contributed by atoms with Crippen LogP contribution in [-0.4, -0.2) is 22.8 Å². The Morgan fingerprint density at radius 1 is 0.840 bits per heavy atom. The quantitative estimate of drug-likeness (QED) is 0.700. The van der Waals surface area contributed by atoms with E-state index in [9.17, 15) is 4.79 Å². The SMILES string of the molecule is O=C(O)COc1ccc(Cl)cc1.Oc1ccc(-c2ccccc2)cc1. The molecule has 128 valence electrons. The van der Waals surface area contributed by atoms with Crippen LogP contribution < -0.4 is 4.74 Å². The van der Waals surface area contributed by atoms with Crippen LogP contribution >= 0.6 is 11.6 Å². The van der Waals surface area contributed by atoms with Crippen LogP contribution in [0.4, 0.5) is 0 Å². The number of hydrogen-bond acceptors (Lipinski definition) is 3. The zero-order valence-corrected chi connectivity index (χ0v) is 14.1. The van der Waals surface area contributed by atoms with Crippen LogP contribution in [-0.2, 0) is 4.79 Å². The highest BCUT2D eigenvalue weighted by Gasteiger charge is 1.98. The molecule has 0 bridgehead atoms. The van der Waals surface area contributed by atoms with E-state index >= 15 is 0 Å². The Kier molecular flexibility index (Phi) is 6.87. The van der Waals surface area contributed by atoms with E-state index in [-0.39, 0.29) is 6.61 Å². The van der Waals surface area contributed by atoms with E-state index in [0.717, 1.165) is 5.56 Å². The normalized spacial score (nSPS) is 9.64. The van der Waals surface area contributed by atoms with Crippen LogP contribution in [0.1, 0.15) is 0 Å². The molecule has 0 spiro atoms. The lowest BCUT2D eigenvalue weighted by Crippen LogP contribution is -2.09. The van der Waals surface area contributed by atoms with Gasteiger partial charge in [-0.2, -0.15) is 0 Å².